The lowest BCUT2D eigenvalue weighted by atomic mass is 10.1. The van der Waals surface area contributed by atoms with Gasteiger partial charge in [0.1, 0.15) is 6.61 Å². The minimum absolute atomic E-state index is 0.0407. The summed E-state index contributed by atoms with van der Waals surface area (Å²) in [5, 5.41) is 10.2. The fraction of sp³-hybridized carbons (Fsp3) is 0.500. The van der Waals surface area contributed by atoms with Crippen LogP contribution >= 0.6 is 11.6 Å². The molecule has 0 aliphatic carbocycles. The van der Waals surface area contributed by atoms with E-state index in [0.29, 0.717) is 23.4 Å². The molecular formula is C12H14ClF3O2. The molecule has 1 rings (SSSR count). The molecule has 18 heavy (non-hydrogen) atoms. The summed E-state index contributed by atoms with van der Waals surface area (Å²) in [7, 11) is 0. The number of aliphatic hydroxyl groups is 1. The third-order valence-electron chi connectivity index (χ3n) is 2.30. The third-order valence-corrected chi connectivity index (χ3v) is 2.64. The molecule has 6 heteroatoms. The molecule has 0 amide bonds. The van der Waals surface area contributed by atoms with E-state index < -0.39 is 18.9 Å². The number of alkyl halides is 3. The van der Waals surface area contributed by atoms with Crippen LogP contribution in [-0.4, -0.2) is 24.5 Å². The molecule has 0 heterocycles. The Hall–Kier alpha value is -0.780. The summed E-state index contributed by atoms with van der Waals surface area (Å²) in [5.41, 5.74) is 0.579. The molecule has 1 aromatic rings. The summed E-state index contributed by atoms with van der Waals surface area (Å²) in [6.45, 7) is -1.30. The van der Waals surface area contributed by atoms with Crippen LogP contribution in [0.1, 0.15) is 24.5 Å². The van der Waals surface area contributed by atoms with Crippen LogP contribution in [0.4, 0.5) is 13.2 Å². The van der Waals surface area contributed by atoms with E-state index in [4.69, 9.17) is 11.6 Å². The number of aliphatic hydroxyl groups excluding tert-OH is 1. The quantitative estimate of drug-likeness (QED) is 0.806. The second-order valence-electron chi connectivity index (χ2n) is 3.85. The largest absolute Gasteiger partial charge is 0.411 e. The van der Waals surface area contributed by atoms with E-state index >= 15 is 0 Å². The molecule has 0 aromatic heterocycles. The maximum absolute atomic E-state index is 11.8. The minimum atomic E-state index is -4.30. The Morgan fingerprint density at radius 3 is 2.56 bits per heavy atom. The molecular weight excluding hydrogens is 269 g/mol. The summed E-state index contributed by atoms with van der Waals surface area (Å²) >= 11 is 5.88. The van der Waals surface area contributed by atoms with Crippen LogP contribution in [0, 0.1) is 0 Å². The van der Waals surface area contributed by atoms with Gasteiger partial charge in [0.15, 0.2) is 0 Å². The van der Waals surface area contributed by atoms with Crippen molar-refractivity contribution in [2.45, 2.75) is 25.1 Å². The number of benzene rings is 1. The van der Waals surface area contributed by atoms with Gasteiger partial charge in [0, 0.05) is 11.6 Å². The first-order chi connectivity index (χ1) is 8.40. The Bertz CT molecular complexity index is 369. The molecule has 0 saturated carbocycles. The van der Waals surface area contributed by atoms with Crippen molar-refractivity contribution in [3.05, 3.63) is 34.9 Å². The van der Waals surface area contributed by atoms with Gasteiger partial charge in [-0.15, -0.1) is 0 Å². The van der Waals surface area contributed by atoms with Crippen molar-refractivity contribution in [3.63, 3.8) is 0 Å². The molecule has 102 valence electrons. The van der Waals surface area contributed by atoms with Crippen LogP contribution in [0.2, 0.25) is 5.02 Å². The summed E-state index contributed by atoms with van der Waals surface area (Å²) < 4.78 is 39.7. The molecule has 1 aromatic carbocycles. The van der Waals surface area contributed by atoms with E-state index in [1.807, 2.05) is 0 Å². The van der Waals surface area contributed by atoms with E-state index in [2.05, 4.69) is 4.74 Å². The van der Waals surface area contributed by atoms with Gasteiger partial charge in [0.05, 0.1) is 6.10 Å². The van der Waals surface area contributed by atoms with Gasteiger partial charge >= 0.3 is 6.18 Å². The van der Waals surface area contributed by atoms with Crippen LogP contribution < -0.4 is 0 Å². The minimum Gasteiger partial charge on any atom is -0.388 e. The van der Waals surface area contributed by atoms with Crippen LogP contribution in [0.5, 0.6) is 0 Å². The van der Waals surface area contributed by atoms with Gasteiger partial charge in [-0.1, -0.05) is 29.8 Å². The first-order valence-corrected chi connectivity index (χ1v) is 5.85. The van der Waals surface area contributed by atoms with Gasteiger partial charge in [0.2, 0.25) is 0 Å². The highest BCUT2D eigenvalue weighted by molar-refractivity contribution is 6.31. The van der Waals surface area contributed by atoms with Gasteiger partial charge < -0.3 is 9.84 Å². The number of halogens is 4. The molecule has 1 N–H and O–H groups in total. The Morgan fingerprint density at radius 1 is 1.28 bits per heavy atom. The molecule has 0 saturated heterocycles. The Balaban J connectivity index is 2.26. The molecule has 0 bridgehead atoms. The summed E-state index contributed by atoms with van der Waals surface area (Å²) in [4.78, 5) is 0. The topological polar surface area (TPSA) is 29.5 Å². The monoisotopic (exact) mass is 282 g/mol. The lowest BCUT2D eigenvalue weighted by Crippen LogP contribution is -2.17. The zero-order valence-electron chi connectivity index (χ0n) is 9.58. The highest BCUT2D eigenvalue weighted by Gasteiger charge is 2.27. The lowest BCUT2D eigenvalue weighted by molar-refractivity contribution is -0.174. The van der Waals surface area contributed by atoms with Crippen molar-refractivity contribution < 1.29 is 23.0 Å². The van der Waals surface area contributed by atoms with Crippen molar-refractivity contribution in [1.82, 2.24) is 0 Å². The number of hydrogen-bond donors (Lipinski definition) is 1. The molecule has 0 aliphatic heterocycles. The predicted molar refractivity (Wildman–Crippen MR) is 62.5 cm³/mol. The van der Waals surface area contributed by atoms with E-state index in [1.165, 1.54) is 0 Å². The number of rotatable bonds is 6. The number of ether oxygens (including phenoxy) is 1. The summed E-state index contributed by atoms with van der Waals surface area (Å²) in [6, 6.07) is 6.82. The van der Waals surface area contributed by atoms with Crippen LogP contribution in [0.25, 0.3) is 0 Å². The molecule has 0 fully saturated rings. The third kappa shape index (κ3) is 5.71. The smallest absolute Gasteiger partial charge is 0.388 e. The molecule has 0 aliphatic rings. The first kappa shape index (κ1) is 15.3. The van der Waals surface area contributed by atoms with Crippen LogP contribution in [-0.2, 0) is 4.74 Å². The lowest BCUT2D eigenvalue weighted by Gasteiger charge is -2.13. The number of hydrogen-bond acceptors (Lipinski definition) is 2. The van der Waals surface area contributed by atoms with E-state index in [9.17, 15) is 18.3 Å². The summed E-state index contributed by atoms with van der Waals surface area (Å²) in [6.07, 6.45) is -4.45. The van der Waals surface area contributed by atoms with Crippen molar-refractivity contribution >= 4 is 11.6 Å². The highest BCUT2D eigenvalue weighted by atomic mass is 35.5. The average molecular weight is 283 g/mol. The molecule has 2 nitrogen and oxygen atoms in total. The maximum Gasteiger partial charge on any atom is 0.411 e. The zero-order chi connectivity index (χ0) is 13.6. The fourth-order valence-electron chi connectivity index (χ4n) is 1.47. The van der Waals surface area contributed by atoms with Gasteiger partial charge in [0.25, 0.3) is 0 Å². The van der Waals surface area contributed by atoms with Gasteiger partial charge in [-0.25, -0.2) is 0 Å². The Morgan fingerprint density at radius 2 is 1.94 bits per heavy atom. The standard InChI is InChI=1S/C12H14ClF3O2/c13-10-5-2-1-4-9(10)11(17)6-3-7-18-8-12(14,15)16/h1-2,4-5,11,17H,3,6-8H2. The second-order valence-corrected chi connectivity index (χ2v) is 4.25. The Labute approximate surface area is 108 Å². The average Bonchev–Trinajstić information content (AvgIpc) is 2.27. The maximum atomic E-state index is 11.8. The van der Waals surface area contributed by atoms with Gasteiger partial charge in [-0.3, -0.25) is 0 Å². The van der Waals surface area contributed by atoms with E-state index in [0.717, 1.165) is 0 Å². The molecule has 0 spiro atoms. The summed E-state index contributed by atoms with van der Waals surface area (Å²) in [5.74, 6) is 0. The van der Waals surface area contributed by atoms with Crippen LogP contribution in [0.15, 0.2) is 24.3 Å². The van der Waals surface area contributed by atoms with Crippen molar-refractivity contribution in [2.75, 3.05) is 13.2 Å². The Kier molecular flexibility index (Phi) is 5.91. The molecule has 1 unspecified atom stereocenters. The van der Waals surface area contributed by atoms with E-state index in [-0.39, 0.29) is 6.61 Å². The normalized spacial score (nSPS) is 13.6. The van der Waals surface area contributed by atoms with Gasteiger partial charge in [-0.05, 0) is 24.5 Å². The van der Waals surface area contributed by atoms with Crippen molar-refractivity contribution in [3.8, 4) is 0 Å². The highest BCUT2D eigenvalue weighted by Crippen LogP contribution is 2.25. The van der Waals surface area contributed by atoms with E-state index in [1.54, 1.807) is 24.3 Å². The predicted octanol–water partition coefficient (Wildman–Crippen LogP) is 3.73. The van der Waals surface area contributed by atoms with Crippen molar-refractivity contribution in [2.24, 2.45) is 0 Å². The van der Waals surface area contributed by atoms with Crippen molar-refractivity contribution in [1.29, 1.82) is 0 Å². The van der Waals surface area contributed by atoms with Crippen LogP contribution in [0.3, 0.4) is 0 Å². The SMILES string of the molecule is OC(CCCOCC(F)(F)F)c1ccccc1Cl. The molecule has 1 atom stereocenters. The van der Waals surface area contributed by atoms with Gasteiger partial charge in [-0.2, -0.15) is 13.2 Å². The fourth-order valence-corrected chi connectivity index (χ4v) is 1.73. The first-order valence-electron chi connectivity index (χ1n) is 5.47. The molecule has 0 radical (unpaired) electrons. The zero-order valence-corrected chi connectivity index (χ0v) is 10.3. The second kappa shape index (κ2) is 6.97.